The van der Waals surface area contributed by atoms with Gasteiger partial charge in [-0.25, -0.2) is 8.42 Å². The van der Waals surface area contributed by atoms with Crippen molar-refractivity contribution in [1.29, 1.82) is 0 Å². The lowest BCUT2D eigenvalue weighted by molar-refractivity contribution is 0.0940. The zero-order chi connectivity index (χ0) is 21.0. The highest BCUT2D eigenvalue weighted by atomic mass is 32.2. The number of nitrogens with one attached hydrogen (secondary N) is 1. The Morgan fingerprint density at radius 2 is 1.38 bits per heavy atom. The predicted molar refractivity (Wildman–Crippen MR) is 107 cm³/mol. The molecular weight excluding hydrogens is 396 g/mol. The third-order valence-electron chi connectivity index (χ3n) is 4.55. The summed E-state index contributed by atoms with van der Waals surface area (Å²) in [5.74, 6) is -3.92. The molecule has 4 nitrogen and oxygen atoms in total. The molecule has 1 unspecified atom stereocenters. The predicted octanol–water partition coefficient (Wildman–Crippen LogP) is 4.84. The van der Waals surface area contributed by atoms with Gasteiger partial charge in [-0.15, -0.1) is 0 Å². The van der Waals surface area contributed by atoms with Crippen molar-refractivity contribution >= 4 is 15.7 Å². The molecule has 1 amide bonds. The molecule has 29 heavy (non-hydrogen) atoms. The molecule has 0 aliphatic carbocycles. The molecule has 3 aromatic carbocycles. The van der Waals surface area contributed by atoms with Crippen molar-refractivity contribution in [3.63, 3.8) is 0 Å². The zero-order valence-corrected chi connectivity index (χ0v) is 16.4. The van der Waals surface area contributed by atoms with Crippen LogP contribution >= 0.6 is 0 Å². The van der Waals surface area contributed by atoms with Crippen molar-refractivity contribution in [2.45, 2.75) is 23.6 Å². The standard InChI is InChI=1S/C22H19F2NO3S/c1-15(16-7-9-18(10-8-16)17-5-3-2-4-6-17)25-21(26)19-11-13-20(14-12-19)29(27,28)22(23)24/h2-15,22H,1H3,(H,25,26). The Labute approximate surface area is 168 Å². The van der Waals surface area contributed by atoms with Gasteiger partial charge < -0.3 is 5.32 Å². The van der Waals surface area contributed by atoms with Gasteiger partial charge in [0.1, 0.15) is 0 Å². The van der Waals surface area contributed by atoms with Crippen LogP contribution in [0.15, 0.2) is 83.8 Å². The quantitative estimate of drug-likeness (QED) is 0.627. The lowest BCUT2D eigenvalue weighted by Gasteiger charge is -2.15. The van der Waals surface area contributed by atoms with Crippen molar-refractivity contribution < 1.29 is 22.0 Å². The Hall–Kier alpha value is -3.06. The fourth-order valence-corrected chi connectivity index (χ4v) is 3.58. The highest BCUT2D eigenvalue weighted by Crippen LogP contribution is 2.22. The monoisotopic (exact) mass is 415 g/mol. The third-order valence-corrected chi connectivity index (χ3v) is 5.94. The molecule has 0 aliphatic rings. The molecule has 1 atom stereocenters. The van der Waals surface area contributed by atoms with Crippen LogP contribution in [-0.4, -0.2) is 20.1 Å². The van der Waals surface area contributed by atoms with E-state index in [0.717, 1.165) is 28.8 Å². The van der Waals surface area contributed by atoms with Crippen LogP contribution in [0, 0.1) is 0 Å². The fourth-order valence-electron chi connectivity index (χ4n) is 2.86. The molecule has 0 spiro atoms. The summed E-state index contributed by atoms with van der Waals surface area (Å²) in [4.78, 5) is 11.9. The average molecular weight is 415 g/mol. The van der Waals surface area contributed by atoms with E-state index in [-0.39, 0.29) is 11.6 Å². The first kappa shape index (κ1) is 20.7. The van der Waals surface area contributed by atoms with E-state index >= 15 is 0 Å². The Morgan fingerprint density at radius 3 is 1.93 bits per heavy atom. The number of carbonyl (C=O) groups is 1. The van der Waals surface area contributed by atoms with Gasteiger partial charge in [-0.3, -0.25) is 4.79 Å². The van der Waals surface area contributed by atoms with E-state index in [0.29, 0.717) is 0 Å². The highest BCUT2D eigenvalue weighted by Gasteiger charge is 2.26. The number of rotatable bonds is 6. The van der Waals surface area contributed by atoms with Crippen LogP contribution in [0.4, 0.5) is 8.78 Å². The number of sulfone groups is 1. The van der Waals surface area contributed by atoms with Crippen molar-refractivity contribution in [3.05, 3.63) is 90.0 Å². The molecule has 0 saturated carbocycles. The fraction of sp³-hybridized carbons (Fsp3) is 0.136. The van der Waals surface area contributed by atoms with Gasteiger partial charge in [0.05, 0.1) is 10.9 Å². The minimum atomic E-state index is -4.68. The first-order valence-corrected chi connectivity index (χ1v) is 10.4. The second-order valence-electron chi connectivity index (χ2n) is 6.51. The number of carbonyl (C=O) groups excluding carboxylic acids is 1. The summed E-state index contributed by atoms with van der Waals surface area (Å²) < 4.78 is 48.1. The second kappa shape index (κ2) is 8.53. The molecule has 0 fully saturated rings. The Balaban J connectivity index is 1.69. The van der Waals surface area contributed by atoms with Crippen LogP contribution in [0.1, 0.15) is 28.9 Å². The van der Waals surface area contributed by atoms with Crippen LogP contribution in [0.5, 0.6) is 0 Å². The topological polar surface area (TPSA) is 63.2 Å². The summed E-state index contributed by atoms with van der Waals surface area (Å²) in [7, 11) is -4.68. The summed E-state index contributed by atoms with van der Waals surface area (Å²) >= 11 is 0. The van der Waals surface area contributed by atoms with Crippen LogP contribution in [0.25, 0.3) is 11.1 Å². The van der Waals surface area contributed by atoms with Gasteiger partial charge in [-0.05, 0) is 47.9 Å². The summed E-state index contributed by atoms with van der Waals surface area (Å²) in [6.07, 6.45) is 0. The summed E-state index contributed by atoms with van der Waals surface area (Å²) in [6, 6.07) is 21.8. The molecule has 0 radical (unpaired) electrons. The van der Waals surface area contributed by atoms with E-state index in [9.17, 15) is 22.0 Å². The molecule has 150 valence electrons. The molecule has 0 bridgehead atoms. The highest BCUT2D eigenvalue weighted by molar-refractivity contribution is 7.91. The first-order valence-electron chi connectivity index (χ1n) is 8.87. The summed E-state index contributed by atoms with van der Waals surface area (Å²) in [6.45, 7) is 1.82. The maximum absolute atomic E-state index is 12.6. The maximum Gasteiger partial charge on any atom is 0.341 e. The Kier molecular flexibility index (Phi) is 6.08. The third kappa shape index (κ3) is 4.68. The smallest absolute Gasteiger partial charge is 0.341 e. The van der Waals surface area contributed by atoms with Crippen molar-refractivity contribution in [1.82, 2.24) is 5.32 Å². The van der Waals surface area contributed by atoms with Gasteiger partial charge >= 0.3 is 5.76 Å². The summed E-state index contributed by atoms with van der Waals surface area (Å²) in [5, 5.41) is 2.82. The first-order chi connectivity index (χ1) is 13.8. The van der Waals surface area contributed by atoms with Crippen LogP contribution < -0.4 is 5.32 Å². The SMILES string of the molecule is CC(NC(=O)c1ccc(S(=O)(=O)C(F)F)cc1)c1ccc(-c2ccccc2)cc1. The largest absolute Gasteiger partial charge is 0.346 e. The van der Waals surface area contributed by atoms with E-state index in [1.165, 1.54) is 12.1 Å². The van der Waals surface area contributed by atoms with Crippen molar-refractivity contribution in [2.75, 3.05) is 0 Å². The van der Waals surface area contributed by atoms with Gasteiger partial charge in [0.25, 0.3) is 5.91 Å². The Bertz CT molecular complexity index is 1080. The molecule has 1 N–H and O–H groups in total. The van der Waals surface area contributed by atoms with E-state index in [1.54, 1.807) is 0 Å². The van der Waals surface area contributed by atoms with E-state index in [2.05, 4.69) is 5.32 Å². The number of alkyl halides is 2. The molecule has 3 rings (SSSR count). The summed E-state index contributed by atoms with van der Waals surface area (Å²) in [5.41, 5.74) is 3.24. The average Bonchev–Trinajstić information content (AvgIpc) is 2.74. The van der Waals surface area contributed by atoms with E-state index < -0.39 is 26.4 Å². The molecular formula is C22H19F2NO3S. The number of halogens is 2. The van der Waals surface area contributed by atoms with Crippen molar-refractivity contribution in [3.8, 4) is 11.1 Å². The molecule has 0 heterocycles. The Morgan fingerprint density at radius 1 is 0.828 bits per heavy atom. The second-order valence-corrected chi connectivity index (χ2v) is 8.43. The molecule has 0 aliphatic heterocycles. The maximum atomic E-state index is 12.6. The van der Waals surface area contributed by atoms with Gasteiger partial charge in [0.2, 0.25) is 9.84 Å². The van der Waals surface area contributed by atoms with Gasteiger partial charge in [0.15, 0.2) is 0 Å². The van der Waals surface area contributed by atoms with Crippen LogP contribution in [0.2, 0.25) is 0 Å². The zero-order valence-electron chi connectivity index (χ0n) is 15.5. The molecule has 3 aromatic rings. The number of hydrogen-bond donors (Lipinski definition) is 1. The van der Waals surface area contributed by atoms with Gasteiger partial charge in [-0.2, -0.15) is 8.78 Å². The normalized spacial score (nSPS) is 12.6. The van der Waals surface area contributed by atoms with E-state index in [1.807, 2.05) is 61.5 Å². The lowest BCUT2D eigenvalue weighted by Crippen LogP contribution is -2.26. The molecule has 0 saturated heterocycles. The molecule has 7 heteroatoms. The van der Waals surface area contributed by atoms with Crippen LogP contribution in [0.3, 0.4) is 0 Å². The lowest BCUT2D eigenvalue weighted by atomic mass is 10.0. The number of hydrogen-bond acceptors (Lipinski definition) is 3. The minimum absolute atomic E-state index is 0.186. The van der Waals surface area contributed by atoms with Crippen LogP contribution in [-0.2, 0) is 9.84 Å². The van der Waals surface area contributed by atoms with Crippen molar-refractivity contribution in [2.24, 2.45) is 0 Å². The molecule has 0 aromatic heterocycles. The number of amides is 1. The number of benzene rings is 3. The van der Waals surface area contributed by atoms with Gasteiger partial charge in [-0.1, -0.05) is 54.6 Å². The van der Waals surface area contributed by atoms with E-state index in [4.69, 9.17) is 0 Å². The van der Waals surface area contributed by atoms with Gasteiger partial charge in [0, 0.05) is 5.56 Å². The minimum Gasteiger partial charge on any atom is -0.346 e.